The lowest BCUT2D eigenvalue weighted by molar-refractivity contribution is -0.132. The normalized spacial score (nSPS) is 30.4. The van der Waals surface area contributed by atoms with Crippen LogP contribution in [0, 0.1) is 11.8 Å². The van der Waals surface area contributed by atoms with E-state index < -0.39 is 0 Å². The predicted molar refractivity (Wildman–Crippen MR) is 52.7 cm³/mol. The number of rotatable bonds is 2. The maximum absolute atomic E-state index is 11.4. The van der Waals surface area contributed by atoms with Crippen molar-refractivity contribution in [2.75, 3.05) is 0 Å². The van der Waals surface area contributed by atoms with Crippen LogP contribution in [0.3, 0.4) is 0 Å². The molecule has 1 atom stereocenters. The summed E-state index contributed by atoms with van der Waals surface area (Å²) in [6.45, 7) is 0. The van der Waals surface area contributed by atoms with Crippen molar-refractivity contribution >= 4 is 5.91 Å². The Bertz CT molecular complexity index is 256. The Morgan fingerprint density at radius 1 is 1.36 bits per heavy atom. The largest absolute Gasteiger partial charge is 0.289 e. The molecule has 3 heteroatoms. The van der Waals surface area contributed by atoms with Crippen molar-refractivity contribution in [1.82, 2.24) is 5.48 Å². The summed E-state index contributed by atoms with van der Waals surface area (Å²) in [5.74, 6) is 0.433. The minimum Gasteiger partial charge on any atom is -0.289 e. The summed E-state index contributed by atoms with van der Waals surface area (Å²) in [6, 6.07) is 0. The Balaban J connectivity index is 2.05. The van der Waals surface area contributed by atoms with E-state index in [9.17, 15) is 4.79 Å². The van der Waals surface area contributed by atoms with Crippen LogP contribution in [0.4, 0.5) is 0 Å². The van der Waals surface area contributed by atoms with E-state index in [1.54, 1.807) is 5.48 Å². The number of hydrogen-bond donors (Lipinski definition) is 2. The summed E-state index contributed by atoms with van der Waals surface area (Å²) in [4.78, 5) is 11.4. The van der Waals surface area contributed by atoms with E-state index in [1.807, 2.05) is 0 Å². The lowest BCUT2D eigenvalue weighted by atomic mass is 9.83. The molecule has 2 rings (SSSR count). The van der Waals surface area contributed by atoms with Crippen molar-refractivity contribution < 1.29 is 10.0 Å². The number of hydroxylamine groups is 1. The molecule has 78 valence electrons. The maximum Gasteiger partial charge on any atom is 0.250 e. The molecule has 0 spiro atoms. The second-order valence-electron chi connectivity index (χ2n) is 4.35. The molecule has 2 N–H and O–H groups in total. The maximum atomic E-state index is 11.4. The number of carbonyl (C=O) groups excluding carboxylic acids is 1. The first-order valence-electron chi connectivity index (χ1n) is 5.46. The highest BCUT2D eigenvalue weighted by Gasteiger charge is 2.28. The topological polar surface area (TPSA) is 49.3 Å². The van der Waals surface area contributed by atoms with Crippen molar-refractivity contribution in [2.24, 2.45) is 11.8 Å². The van der Waals surface area contributed by atoms with Gasteiger partial charge in [0.05, 0.1) is 5.92 Å². The fraction of sp³-hybridized carbons (Fsp3) is 0.727. The van der Waals surface area contributed by atoms with Crippen molar-refractivity contribution in [3.05, 3.63) is 11.6 Å². The van der Waals surface area contributed by atoms with Gasteiger partial charge >= 0.3 is 0 Å². The van der Waals surface area contributed by atoms with Gasteiger partial charge in [-0.25, -0.2) is 5.48 Å². The van der Waals surface area contributed by atoms with Crippen LogP contribution in [0.15, 0.2) is 11.6 Å². The van der Waals surface area contributed by atoms with Crippen LogP contribution in [0.25, 0.3) is 0 Å². The first kappa shape index (κ1) is 9.71. The van der Waals surface area contributed by atoms with Gasteiger partial charge in [-0.1, -0.05) is 18.1 Å². The smallest absolute Gasteiger partial charge is 0.250 e. The highest BCUT2D eigenvalue weighted by atomic mass is 16.5. The second kappa shape index (κ2) is 4.13. The molecule has 0 aromatic heterocycles. The molecule has 1 amide bonds. The van der Waals surface area contributed by atoms with Crippen molar-refractivity contribution in [3.63, 3.8) is 0 Å². The Kier molecular flexibility index (Phi) is 2.87. The van der Waals surface area contributed by atoms with Gasteiger partial charge in [-0.2, -0.15) is 0 Å². The van der Waals surface area contributed by atoms with Crippen molar-refractivity contribution in [1.29, 1.82) is 0 Å². The van der Waals surface area contributed by atoms with Crippen LogP contribution in [-0.2, 0) is 4.79 Å². The zero-order chi connectivity index (χ0) is 9.97. The van der Waals surface area contributed by atoms with E-state index >= 15 is 0 Å². The summed E-state index contributed by atoms with van der Waals surface area (Å²) in [7, 11) is 0. The Labute approximate surface area is 84.1 Å². The third kappa shape index (κ3) is 2.15. The molecular weight excluding hydrogens is 178 g/mol. The third-order valence-corrected chi connectivity index (χ3v) is 3.15. The standard InChI is InChI=1S/C11H17NO2/c13-11(12-14)10-4-2-1-3-9(10)7-8-5-6-8/h7-8,10,14H,1-6H2,(H,12,13). The zero-order valence-corrected chi connectivity index (χ0v) is 8.33. The van der Waals surface area contributed by atoms with E-state index in [0.717, 1.165) is 25.2 Å². The summed E-state index contributed by atoms with van der Waals surface area (Å²) in [5.41, 5.74) is 3.03. The van der Waals surface area contributed by atoms with Crippen molar-refractivity contribution in [3.8, 4) is 0 Å². The molecule has 2 aliphatic rings. The number of carbonyl (C=O) groups is 1. The Morgan fingerprint density at radius 2 is 2.14 bits per heavy atom. The van der Waals surface area contributed by atoms with Gasteiger partial charge in [-0.15, -0.1) is 0 Å². The van der Waals surface area contributed by atoms with Gasteiger partial charge in [0.15, 0.2) is 0 Å². The van der Waals surface area contributed by atoms with Gasteiger partial charge < -0.3 is 0 Å². The molecule has 0 bridgehead atoms. The van der Waals surface area contributed by atoms with E-state index in [2.05, 4.69) is 6.08 Å². The molecule has 2 aliphatic carbocycles. The first-order chi connectivity index (χ1) is 6.81. The molecule has 0 heterocycles. The molecule has 0 aliphatic heterocycles. The second-order valence-corrected chi connectivity index (χ2v) is 4.35. The molecule has 1 unspecified atom stereocenters. The number of allylic oxidation sites excluding steroid dienone is 1. The van der Waals surface area contributed by atoms with E-state index in [-0.39, 0.29) is 11.8 Å². The van der Waals surface area contributed by atoms with E-state index in [1.165, 1.54) is 24.8 Å². The van der Waals surface area contributed by atoms with Crippen LogP contribution in [0.2, 0.25) is 0 Å². The Morgan fingerprint density at radius 3 is 2.79 bits per heavy atom. The van der Waals surface area contributed by atoms with Crippen LogP contribution >= 0.6 is 0 Å². The molecule has 2 saturated carbocycles. The van der Waals surface area contributed by atoms with Gasteiger partial charge in [-0.05, 0) is 38.0 Å². The lowest BCUT2D eigenvalue weighted by Gasteiger charge is -2.23. The van der Waals surface area contributed by atoms with Crippen LogP contribution in [-0.4, -0.2) is 11.1 Å². The average molecular weight is 195 g/mol. The quantitative estimate of drug-likeness (QED) is 0.402. The minimum absolute atomic E-state index is 0.0608. The summed E-state index contributed by atoms with van der Waals surface area (Å²) in [6.07, 6.45) is 9.03. The molecule has 3 nitrogen and oxygen atoms in total. The lowest BCUT2D eigenvalue weighted by Crippen LogP contribution is -2.30. The monoisotopic (exact) mass is 195 g/mol. The molecule has 0 saturated heterocycles. The average Bonchev–Trinajstić information content (AvgIpc) is 3.01. The molecule has 0 aromatic rings. The first-order valence-corrected chi connectivity index (χ1v) is 5.46. The molecule has 0 aromatic carbocycles. The molecular formula is C11H17NO2. The van der Waals surface area contributed by atoms with Gasteiger partial charge in [-0.3, -0.25) is 10.0 Å². The van der Waals surface area contributed by atoms with Gasteiger partial charge in [0.2, 0.25) is 0 Å². The summed E-state index contributed by atoms with van der Waals surface area (Å²) >= 11 is 0. The summed E-state index contributed by atoms with van der Waals surface area (Å²) in [5, 5.41) is 8.63. The summed E-state index contributed by atoms with van der Waals surface area (Å²) < 4.78 is 0. The van der Waals surface area contributed by atoms with Gasteiger partial charge in [0.25, 0.3) is 5.91 Å². The molecule has 0 radical (unpaired) electrons. The third-order valence-electron chi connectivity index (χ3n) is 3.15. The van der Waals surface area contributed by atoms with Crippen LogP contribution in [0.5, 0.6) is 0 Å². The van der Waals surface area contributed by atoms with E-state index in [0.29, 0.717) is 0 Å². The van der Waals surface area contributed by atoms with Gasteiger partial charge in [0, 0.05) is 0 Å². The highest BCUT2D eigenvalue weighted by Crippen LogP contribution is 2.37. The number of amides is 1. The molecule has 14 heavy (non-hydrogen) atoms. The highest BCUT2D eigenvalue weighted by molar-refractivity contribution is 5.80. The minimum atomic E-state index is -0.225. The number of nitrogens with one attached hydrogen (secondary N) is 1. The SMILES string of the molecule is O=C(NO)C1CCCCC1=CC1CC1. The Hall–Kier alpha value is -0.830. The van der Waals surface area contributed by atoms with Crippen LogP contribution < -0.4 is 5.48 Å². The van der Waals surface area contributed by atoms with E-state index in [4.69, 9.17) is 5.21 Å². The fourth-order valence-electron chi connectivity index (χ4n) is 2.18. The van der Waals surface area contributed by atoms with Crippen LogP contribution in [0.1, 0.15) is 38.5 Å². The number of hydrogen-bond acceptors (Lipinski definition) is 2. The van der Waals surface area contributed by atoms with Crippen molar-refractivity contribution in [2.45, 2.75) is 38.5 Å². The molecule has 2 fully saturated rings. The predicted octanol–water partition coefficient (Wildman–Crippen LogP) is 2.02. The zero-order valence-electron chi connectivity index (χ0n) is 8.33. The fourth-order valence-corrected chi connectivity index (χ4v) is 2.18. The van der Waals surface area contributed by atoms with Gasteiger partial charge in [0.1, 0.15) is 0 Å².